The molecule has 1 aromatic heterocycles. The Morgan fingerprint density at radius 1 is 0.946 bits per heavy atom. The first kappa shape index (κ1) is 31.5. The van der Waals surface area contributed by atoms with Gasteiger partial charge in [-0.2, -0.15) is 0 Å². The molecule has 0 aromatic carbocycles. The lowest BCUT2D eigenvalue weighted by atomic mass is 10.0. The highest BCUT2D eigenvalue weighted by Gasteiger charge is 2.31. The zero-order chi connectivity index (χ0) is 28.0. The molecular weight excluding hydrogens is 486 g/mol. The van der Waals surface area contributed by atoms with Crippen LogP contribution in [0.3, 0.4) is 0 Å². The number of imidazole rings is 1. The largest absolute Gasteiger partial charge is 0.481 e. The average Bonchev–Trinajstić information content (AvgIpc) is 3.33. The van der Waals surface area contributed by atoms with Crippen LogP contribution in [0.4, 0.5) is 0 Å². The molecule has 3 amide bonds. The molecule has 208 valence electrons. The molecule has 0 spiro atoms. The number of hydrogen-bond donors (Lipinski definition) is 8. The van der Waals surface area contributed by atoms with Crippen LogP contribution in [0.15, 0.2) is 12.5 Å². The van der Waals surface area contributed by atoms with E-state index in [4.69, 9.17) is 16.6 Å². The second kappa shape index (κ2) is 16.3. The Morgan fingerprint density at radius 2 is 1.57 bits per heavy atom. The van der Waals surface area contributed by atoms with Crippen molar-refractivity contribution in [1.29, 1.82) is 0 Å². The number of aromatic nitrogens is 2. The molecule has 0 radical (unpaired) electrons. The predicted molar refractivity (Wildman–Crippen MR) is 133 cm³/mol. The van der Waals surface area contributed by atoms with Gasteiger partial charge in [-0.05, 0) is 38.1 Å². The van der Waals surface area contributed by atoms with Crippen molar-refractivity contribution in [2.75, 3.05) is 6.54 Å². The van der Waals surface area contributed by atoms with Gasteiger partial charge in [0.25, 0.3) is 0 Å². The molecule has 1 heterocycles. The molecule has 14 heteroatoms. The third-order valence-electron chi connectivity index (χ3n) is 5.52. The number of nitrogens with zero attached hydrogens (tertiary/aromatic N) is 1. The van der Waals surface area contributed by atoms with Gasteiger partial charge in [-0.1, -0.05) is 20.3 Å². The molecule has 0 saturated carbocycles. The molecule has 0 aliphatic heterocycles. The van der Waals surface area contributed by atoms with Crippen LogP contribution in [0.25, 0.3) is 0 Å². The van der Waals surface area contributed by atoms with Gasteiger partial charge in [0, 0.05) is 24.7 Å². The Hall–Kier alpha value is -3.52. The van der Waals surface area contributed by atoms with Crippen molar-refractivity contribution in [2.45, 2.75) is 83.0 Å². The summed E-state index contributed by atoms with van der Waals surface area (Å²) in [5.74, 6) is -4.68. The summed E-state index contributed by atoms with van der Waals surface area (Å²) in [6, 6.07) is -4.62. The van der Waals surface area contributed by atoms with Gasteiger partial charge < -0.3 is 42.6 Å². The van der Waals surface area contributed by atoms with Crippen LogP contribution in [-0.4, -0.2) is 80.6 Å². The Labute approximate surface area is 215 Å². The summed E-state index contributed by atoms with van der Waals surface area (Å²) in [4.78, 5) is 68.1. The Morgan fingerprint density at radius 3 is 2.11 bits per heavy atom. The average molecular weight is 526 g/mol. The predicted octanol–water partition coefficient (Wildman–Crippen LogP) is -1.14. The second-order valence-corrected chi connectivity index (χ2v) is 9.26. The summed E-state index contributed by atoms with van der Waals surface area (Å²) < 4.78 is 0. The SMILES string of the molecule is CC(C)CC(NC(=O)C(CCC(=O)O)NC(=O)C(Cc1cnc[nH]1)NC(=O)C(N)CCCCN)C(=O)O. The first-order chi connectivity index (χ1) is 17.4. The highest BCUT2D eigenvalue weighted by atomic mass is 16.4. The third-order valence-corrected chi connectivity index (χ3v) is 5.52. The van der Waals surface area contributed by atoms with Gasteiger partial charge in [0.05, 0.1) is 12.4 Å². The maximum absolute atomic E-state index is 13.2. The Balaban J connectivity index is 3.04. The fourth-order valence-electron chi connectivity index (χ4n) is 3.52. The summed E-state index contributed by atoms with van der Waals surface area (Å²) in [5.41, 5.74) is 11.9. The van der Waals surface area contributed by atoms with Crippen molar-refractivity contribution in [1.82, 2.24) is 25.9 Å². The van der Waals surface area contributed by atoms with E-state index in [-0.39, 0.29) is 25.2 Å². The quantitative estimate of drug-likeness (QED) is 0.107. The van der Waals surface area contributed by atoms with Gasteiger partial charge in [0.1, 0.15) is 18.1 Å². The molecule has 0 saturated heterocycles. The molecule has 0 fully saturated rings. The maximum atomic E-state index is 13.2. The van der Waals surface area contributed by atoms with Crippen LogP contribution in [0.2, 0.25) is 0 Å². The Kier molecular flexibility index (Phi) is 13.9. The molecular formula is C23H39N7O7. The fourth-order valence-corrected chi connectivity index (χ4v) is 3.52. The number of carbonyl (C=O) groups is 5. The lowest BCUT2D eigenvalue weighted by molar-refractivity contribution is -0.143. The Bertz CT molecular complexity index is 892. The fraction of sp³-hybridized carbons (Fsp3) is 0.652. The van der Waals surface area contributed by atoms with Crippen molar-refractivity contribution in [3.8, 4) is 0 Å². The summed E-state index contributed by atoms with van der Waals surface area (Å²) in [6.07, 6.45) is 3.92. The number of aliphatic carboxylic acids is 2. The van der Waals surface area contributed by atoms with Crippen LogP contribution in [0.5, 0.6) is 0 Å². The number of hydrogen-bond acceptors (Lipinski definition) is 8. The van der Waals surface area contributed by atoms with Gasteiger partial charge in [-0.25, -0.2) is 9.78 Å². The monoisotopic (exact) mass is 525 g/mol. The number of carboxylic acid groups (broad SMARTS) is 2. The first-order valence-electron chi connectivity index (χ1n) is 12.2. The molecule has 14 nitrogen and oxygen atoms in total. The van der Waals surface area contributed by atoms with E-state index < -0.39 is 60.2 Å². The normalized spacial score (nSPS) is 14.3. The third kappa shape index (κ3) is 12.3. The molecule has 1 aromatic rings. The molecule has 4 atom stereocenters. The maximum Gasteiger partial charge on any atom is 0.326 e. The van der Waals surface area contributed by atoms with Crippen molar-refractivity contribution in [2.24, 2.45) is 17.4 Å². The molecule has 0 aliphatic rings. The van der Waals surface area contributed by atoms with E-state index in [1.807, 2.05) is 0 Å². The smallest absolute Gasteiger partial charge is 0.326 e. The number of H-pyrrole nitrogens is 1. The van der Waals surface area contributed by atoms with Crippen molar-refractivity contribution >= 4 is 29.7 Å². The van der Waals surface area contributed by atoms with Crippen molar-refractivity contribution in [3.63, 3.8) is 0 Å². The van der Waals surface area contributed by atoms with Crippen molar-refractivity contribution < 1.29 is 34.2 Å². The summed E-state index contributed by atoms with van der Waals surface area (Å²) in [7, 11) is 0. The zero-order valence-corrected chi connectivity index (χ0v) is 21.2. The van der Waals surface area contributed by atoms with Crippen LogP contribution >= 0.6 is 0 Å². The zero-order valence-electron chi connectivity index (χ0n) is 21.2. The van der Waals surface area contributed by atoms with Gasteiger partial charge >= 0.3 is 11.9 Å². The minimum absolute atomic E-state index is 0.00847. The molecule has 0 aliphatic carbocycles. The number of carboxylic acids is 2. The van der Waals surface area contributed by atoms with Crippen LogP contribution in [0.1, 0.15) is 58.1 Å². The number of rotatable bonds is 18. The van der Waals surface area contributed by atoms with Crippen LogP contribution in [-0.2, 0) is 30.4 Å². The van der Waals surface area contributed by atoms with Crippen molar-refractivity contribution in [3.05, 3.63) is 18.2 Å². The summed E-state index contributed by atoms with van der Waals surface area (Å²) in [6.45, 7) is 4.03. The van der Waals surface area contributed by atoms with Crippen LogP contribution in [0, 0.1) is 5.92 Å². The molecule has 1 rings (SSSR count). The van der Waals surface area contributed by atoms with E-state index in [1.165, 1.54) is 12.5 Å². The van der Waals surface area contributed by atoms with E-state index in [2.05, 4.69) is 25.9 Å². The van der Waals surface area contributed by atoms with Gasteiger partial charge in [0.2, 0.25) is 17.7 Å². The highest BCUT2D eigenvalue weighted by Crippen LogP contribution is 2.08. The number of nitrogens with one attached hydrogen (secondary N) is 4. The van der Waals surface area contributed by atoms with E-state index in [1.54, 1.807) is 13.8 Å². The van der Waals surface area contributed by atoms with Gasteiger partial charge in [-0.3, -0.25) is 19.2 Å². The number of carbonyl (C=O) groups excluding carboxylic acids is 3. The minimum Gasteiger partial charge on any atom is -0.481 e. The molecule has 10 N–H and O–H groups in total. The topological polar surface area (TPSA) is 243 Å². The van der Waals surface area contributed by atoms with Crippen LogP contribution < -0.4 is 27.4 Å². The number of unbranched alkanes of at least 4 members (excludes halogenated alkanes) is 1. The van der Waals surface area contributed by atoms with E-state index in [9.17, 15) is 29.1 Å². The lowest BCUT2D eigenvalue weighted by Crippen LogP contribution is -2.57. The lowest BCUT2D eigenvalue weighted by Gasteiger charge is -2.25. The summed E-state index contributed by atoms with van der Waals surface area (Å²) >= 11 is 0. The van der Waals surface area contributed by atoms with E-state index >= 15 is 0 Å². The van der Waals surface area contributed by atoms with Gasteiger partial charge in [0.15, 0.2) is 0 Å². The summed E-state index contributed by atoms with van der Waals surface area (Å²) in [5, 5.41) is 25.9. The number of nitrogens with two attached hydrogens (primary N) is 2. The van der Waals surface area contributed by atoms with E-state index in [0.717, 1.165) is 0 Å². The minimum atomic E-state index is -1.35. The second-order valence-electron chi connectivity index (χ2n) is 9.26. The molecule has 4 unspecified atom stereocenters. The number of amides is 3. The number of aromatic amines is 1. The van der Waals surface area contributed by atoms with E-state index in [0.29, 0.717) is 31.5 Å². The highest BCUT2D eigenvalue weighted by molar-refractivity contribution is 5.94. The molecule has 37 heavy (non-hydrogen) atoms. The van der Waals surface area contributed by atoms with Gasteiger partial charge in [-0.15, -0.1) is 0 Å². The first-order valence-corrected chi connectivity index (χ1v) is 12.2. The molecule has 0 bridgehead atoms. The standard InChI is InChI=1S/C23H39N7O7/c1-13(2)9-18(23(36)37)30-21(34)16(6-7-19(31)32)28-22(35)17(10-14-11-26-12-27-14)29-20(33)15(25)5-3-4-8-24/h11-13,15-18H,3-10,24-25H2,1-2H3,(H,26,27)(H,28,35)(H,29,33)(H,30,34)(H,31,32)(H,36,37).